The number of carbonyl (C=O) groups is 1. The van der Waals surface area contributed by atoms with Gasteiger partial charge in [-0.25, -0.2) is 4.98 Å². The van der Waals surface area contributed by atoms with Crippen LogP contribution in [-0.2, 0) is 11.3 Å². The molecule has 0 saturated carbocycles. The number of aromatic nitrogens is 1. The zero-order chi connectivity index (χ0) is 21.3. The average Bonchev–Trinajstić information content (AvgIpc) is 3.26. The van der Waals surface area contributed by atoms with Gasteiger partial charge in [0.1, 0.15) is 5.01 Å². The summed E-state index contributed by atoms with van der Waals surface area (Å²) < 4.78 is 0. The summed E-state index contributed by atoms with van der Waals surface area (Å²) in [6.45, 7) is 8.76. The lowest BCUT2D eigenvalue weighted by Crippen LogP contribution is -2.49. The van der Waals surface area contributed by atoms with Crippen molar-refractivity contribution in [2.24, 2.45) is 4.99 Å². The second-order valence-electron chi connectivity index (χ2n) is 7.63. The van der Waals surface area contributed by atoms with Crippen LogP contribution in [0.2, 0.25) is 0 Å². The Morgan fingerprint density at radius 1 is 1.16 bits per heavy atom. The van der Waals surface area contributed by atoms with Crippen LogP contribution >= 0.6 is 35.3 Å². The number of thiazole rings is 1. The van der Waals surface area contributed by atoms with Crippen LogP contribution in [0.15, 0.2) is 40.7 Å². The minimum absolute atomic E-state index is 0. The Balaban J connectivity index is 0.00000341. The number of para-hydroxylation sites is 1. The first-order chi connectivity index (χ1) is 14.6. The summed E-state index contributed by atoms with van der Waals surface area (Å²) >= 11 is 1.66. The third kappa shape index (κ3) is 7.64. The molecular weight excluding hydrogens is 523 g/mol. The van der Waals surface area contributed by atoms with Gasteiger partial charge in [0.2, 0.25) is 5.91 Å². The van der Waals surface area contributed by atoms with Crippen LogP contribution in [0.25, 0.3) is 0 Å². The molecule has 0 atom stereocenters. The van der Waals surface area contributed by atoms with Crippen molar-refractivity contribution < 1.29 is 4.79 Å². The molecule has 0 spiro atoms. The summed E-state index contributed by atoms with van der Waals surface area (Å²) in [4.78, 5) is 25.7. The fourth-order valence-electron chi connectivity index (χ4n) is 3.35. The molecule has 1 aromatic heterocycles. The zero-order valence-corrected chi connectivity index (χ0v) is 21.7. The highest BCUT2D eigenvalue weighted by molar-refractivity contribution is 14.0. The van der Waals surface area contributed by atoms with Gasteiger partial charge in [0, 0.05) is 57.3 Å². The highest BCUT2D eigenvalue weighted by Gasteiger charge is 2.20. The van der Waals surface area contributed by atoms with Crippen LogP contribution in [0.5, 0.6) is 0 Å². The minimum atomic E-state index is 0. The van der Waals surface area contributed by atoms with Gasteiger partial charge in [0.15, 0.2) is 5.96 Å². The van der Waals surface area contributed by atoms with Gasteiger partial charge >= 0.3 is 0 Å². The number of anilines is 1. The van der Waals surface area contributed by atoms with Gasteiger partial charge < -0.3 is 20.4 Å². The average molecular weight is 557 g/mol. The van der Waals surface area contributed by atoms with Gasteiger partial charge in [-0.1, -0.05) is 32.0 Å². The highest BCUT2D eigenvalue weighted by Crippen LogP contribution is 2.17. The number of halogens is 1. The first kappa shape index (κ1) is 25.4. The maximum Gasteiger partial charge on any atom is 0.224 e. The largest absolute Gasteiger partial charge is 0.368 e. The fourth-order valence-corrected chi connectivity index (χ4v) is 4.25. The van der Waals surface area contributed by atoms with E-state index in [4.69, 9.17) is 0 Å². The molecule has 1 amide bonds. The molecule has 0 bridgehead atoms. The lowest BCUT2D eigenvalue weighted by atomic mass is 10.2. The number of nitrogens with zero attached hydrogens (tertiary/aromatic N) is 4. The SMILES string of the molecule is CN=C(NCCC(=O)N1CCN(c2ccccc2)CC1)NCc1nc(C(C)C)cs1.I. The predicted molar refractivity (Wildman–Crippen MR) is 140 cm³/mol. The smallest absolute Gasteiger partial charge is 0.224 e. The van der Waals surface area contributed by atoms with Crippen LogP contribution in [0.3, 0.4) is 0 Å². The number of guanidine groups is 1. The number of amides is 1. The van der Waals surface area contributed by atoms with Gasteiger partial charge in [-0.05, 0) is 18.1 Å². The monoisotopic (exact) mass is 556 g/mol. The molecule has 0 aliphatic carbocycles. The summed E-state index contributed by atoms with van der Waals surface area (Å²) in [7, 11) is 1.74. The molecule has 1 fully saturated rings. The Kier molecular flexibility index (Phi) is 10.5. The molecule has 7 nitrogen and oxygen atoms in total. The van der Waals surface area contributed by atoms with Gasteiger partial charge in [-0.2, -0.15) is 0 Å². The van der Waals surface area contributed by atoms with Crippen molar-refractivity contribution in [3.05, 3.63) is 46.4 Å². The van der Waals surface area contributed by atoms with Crippen molar-refractivity contribution in [3.63, 3.8) is 0 Å². The highest BCUT2D eigenvalue weighted by atomic mass is 127. The third-order valence-corrected chi connectivity index (χ3v) is 6.04. The number of nitrogens with one attached hydrogen (secondary N) is 2. The van der Waals surface area contributed by atoms with E-state index in [1.807, 2.05) is 11.0 Å². The van der Waals surface area contributed by atoms with E-state index in [9.17, 15) is 4.79 Å². The summed E-state index contributed by atoms with van der Waals surface area (Å²) in [5, 5.41) is 9.64. The van der Waals surface area contributed by atoms with Crippen molar-refractivity contribution in [1.29, 1.82) is 0 Å². The molecule has 9 heteroatoms. The quantitative estimate of drug-likeness (QED) is 0.311. The molecule has 1 aliphatic heterocycles. The van der Waals surface area contributed by atoms with Crippen LogP contribution < -0.4 is 15.5 Å². The number of rotatable bonds is 7. The Hall–Kier alpha value is -1.88. The number of benzene rings is 1. The van der Waals surface area contributed by atoms with E-state index < -0.39 is 0 Å². The molecule has 170 valence electrons. The first-order valence-electron chi connectivity index (χ1n) is 10.5. The van der Waals surface area contributed by atoms with E-state index in [0.29, 0.717) is 31.4 Å². The van der Waals surface area contributed by atoms with Crippen LogP contribution in [0.4, 0.5) is 5.69 Å². The second-order valence-corrected chi connectivity index (χ2v) is 8.57. The number of piperazine rings is 1. The Bertz CT molecular complexity index is 834. The maximum absolute atomic E-state index is 12.6. The normalized spacial score (nSPS) is 14.4. The van der Waals surface area contributed by atoms with Crippen molar-refractivity contribution in [3.8, 4) is 0 Å². The summed E-state index contributed by atoms with van der Waals surface area (Å²) in [5.41, 5.74) is 2.35. The molecular formula is C22H33IN6OS. The van der Waals surface area contributed by atoms with Crippen LogP contribution in [0.1, 0.15) is 36.9 Å². The number of hydrogen-bond donors (Lipinski definition) is 2. The topological polar surface area (TPSA) is 72.9 Å². The molecule has 2 aromatic rings. The van der Waals surface area contributed by atoms with E-state index in [1.54, 1.807) is 18.4 Å². The minimum Gasteiger partial charge on any atom is -0.368 e. The van der Waals surface area contributed by atoms with E-state index in [2.05, 4.69) is 69.0 Å². The molecule has 2 heterocycles. The predicted octanol–water partition coefficient (Wildman–Crippen LogP) is 3.29. The first-order valence-corrected chi connectivity index (χ1v) is 11.4. The van der Waals surface area contributed by atoms with Gasteiger partial charge in [0.05, 0.1) is 12.2 Å². The van der Waals surface area contributed by atoms with E-state index in [0.717, 1.165) is 36.9 Å². The van der Waals surface area contributed by atoms with Gasteiger partial charge in [0.25, 0.3) is 0 Å². The maximum atomic E-state index is 12.6. The summed E-state index contributed by atoms with van der Waals surface area (Å²) in [5.74, 6) is 1.32. The van der Waals surface area contributed by atoms with Crippen LogP contribution in [-0.4, -0.2) is 61.5 Å². The molecule has 3 rings (SSSR count). The second kappa shape index (κ2) is 12.8. The van der Waals surface area contributed by atoms with Gasteiger partial charge in [-0.15, -0.1) is 35.3 Å². The molecule has 1 saturated heterocycles. The van der Waals surface area contributed by atoms with Crippen LogP contribution in [0, 0.1) is 0 Å². The molecule has 2 N–H and O–H groups in total. The Morgan fingerprint density at radius 2 is 1.87 bits per heavy atom. The van der Waals surface area contributed by atoms with Gasteiger partial charge in [-0.3, -0.25) is 9.79 Å². The molecule has 31 heavy (non-hydrogen) atoms. The Morgan fingerprint density at radius 3 is 2.48 bits per heavy atom. The molecule has 1 aliphatic rings. The van der Waals surface area contributed by atoms with Crippen molar-refractivity contribution in [2.45, 2.75) is 32.7 Å². The third-order valence-electron chi connectivity index (χ3n) is 5.18. The zero-order valence-electron chi connectivity index (χ0n) is 18.5. The lowest BCUT2D eigenvalue weighted by Gasteiger charge is -2.36. The number of carbonyl (C=O) groups excluding carboxylic acids is 1. The van der Waals surface area contributed by atoms with Crippen molar-refractivity contribution in [2.75, 3.05) is 44.7 Å². The molecule has 1 aromatic carbocycles. The van der Waals surface area contributed by atoms with E-state index >= 15 is 0 Å². The summed E-state index contributed by atoms with van der Waals surface area (Å²) in [6, 6.07) is 10.4. The van der Waals surface area contributed by atoms with E-state index in [1.165, 1.54) is 5.69 Å². The number of aliphatic imine (C=N–C) groups is 1. The molecule has 0 unspecified atom stereocenters. The summed E-state index contributed by atoms with van der Waals surface area (Å²) in [6.07, 6.45) is 0.459. The van der Waals surface area contributed by atoms with Crippen molar-refractivity contribution >= 4 is 52.9 Å². The lowest BCUT2D eigenvalue weighted by molar-refractivity contribution is -0.131. The molecule has 0 radical (unpaired) electrons. The number of hydrogen-bond acceptors (Lipinski definition) is 5. The van der Waals surface area contributed by atoms with E-state index in [-0.39, 0.29) is 29.9 Å². The Labute approximate surface area is 206 Å². The fraction of sp³-hybridized carbons (Fsp3) is 0.500. The van der Waals surface area contributed by atoms with Crippen molar-refractivity contribution in [1.82, 2.24) is 20.5 Å². The standard InChI is InChI=1S/C22H32N6OS.HI/c1-17(2)19-16-30-20(26-19)15-25-22(23-3)24-10-9-21(29)28-13-11-27(12-14-28)18-7-5-4-6-8-18;/h4-8,16-17H,9-15H2,1-3H3,(H2,23,24,25);1H.